The van der Waals surface area contributed by atoms with Crippen LogP contribution in [-0.4, -0.2) is 40.7 Å². The Hall–Kier alpha value is -1.43. The van der Waals surface area contributed by atoms with E-state index in [1.54, 1.807) is 6.92 Å². The molecular formula is C14H23N3O3. The number of carbonyl (C=O) groups excluding carboxylic acids is 3. The SMILES string of the molecule is CC(CC(N)=O)NC1CC(=O)N(C2CCCCC2)C1=O. The zero-order chi connectivity index (χ0) is 14.7. The normalized spacial score (nSPS) is 26.1. The number of nitrogens with one attached hydrogen (secondary N) is 1. The van der Waals surface area contributed by atoms with Gasteiger partial charge in [0.25, 0.3) is 0 Å². The van der Waals surface area contributed by atoms with Crippen molar-refractivity contribution in [1.29, 1.82) is 0 Å². The molecule has 2 atom stereocenters. The van der Waals surface area contributed by atoms with Crippen molar-refractivity contribution >= 4 is 17.7 Å². The molecule has 0 aromatic heterocycles. The molecule has 6 heteroatoms. The lowest BCUT2D eigenvalue weighted by atomic mass is 9.94. The molecule has 0 spiro atoms. The van der Waals surface area contributed by atoms with Crippen molar-refractivity contribution in [1.82, 2.24) is 10.2 Å². The van der Waals surface area contributed by atoms with Crippen LogP contribution in [0.25, 0.3) is 0 Å². The predicted octanol–water partition coefficient (Wildman–Crippen LogP) is 0.300. The maximum atomic E-state index is 12.4. The Bertz CT molecular complexity index is 404. The van der Waals surface area contributed by atoms with Crippen LogP contribution in [0.3, 0.4) is 0 Å². The third kappa shape index (κ3) is 3.36. The zero-order valence-corrected chi connectivity index (χ0v) is 11.9. The number of amides is 3. The molecule has 1 saturated carbocycles. The van der Waals surface area contributed by atoms with Crippen LogP contribution in [0.5, 0.6) is 0 Å². The average molecular weight is 281 g/mol. The quantitative estimate of drug-likeness (QED) is 0.709. The van der Waals surface area contributed by atoms with Crippen molar-refractivity contribution in [2.75, 3.05) is 0 Å². The summed E-state index contributed by atoms with van der Waals surface area (Å²) >= 11 is 0. The summed E-state index contributed by atoms with van der Waals surface area (Å²) in [5.74, 6) is -0.644. The second kappa shape index (κ2) is 6.35. The number of primary amides is 1. The molecule has 2 aliphatic rings. The van der Waals surface area contributed by atoms with Crippen LogP contribution < -0.4 is 11.1 Å². The summed E-state index contributed by atoms with van der Waals surface area (Å²) in [7, 11) is 0. The third-order valence-electron chi connectivity index (χ3n) is 4.12. The minimum absolute atomic E-state index is 0.0713. The van der Waals surface area contributed by atoms with E-state index in [1.807, 2.05) is 0 Å². The van der Waals surface area contributed by atoms with E-state index in [1.165, 1.54) is 11.3 Å². The van der Waals surface area contributed by atoms with Crippen molar-refractivity contribution in [2.24, 2.45) is 5.73 Å². The number of likely N-dealkylation sites (tertiary alicyclic amines) is 1. The van der Waals surface area contributed by atoms with Gasteiger partial charge in [-0.2, -0.15) is 0 Å². The molecule has 0 radical (unpaired) electrons. The number of hydrogen-bond donors (Lipinski definition) is 2. The second-order valence-electron chi connectivity index (χ2n) is 5.89. The van der Waals surface area contributed by atoms with Gasteiger partial charge in [-0.25, -0.2) is 0 Å². The third-order valence-corrected chi connectivity index (χ3v) is 4.12. The molecule has 2 fully saturated rings. The van der Waals surface area contributed by atoms with Gasteiger partial charge in [-0.3, -0.25) is 19.3 Å². The van der Waals surface area contributed by atoms with Crippen molar-refractivity contribution < 1.29 is 14.4 Å². The van der Waals surface area contributed by atoms with E-state index in [9.17, 15) is 14.4 Å². The van der Waals surface area contributed by atoms with Gasteiger partial charge >= 0.3 is 0 Å². The Kier molecular flexibility index (Phi) is 4.75. The summed E-state index contributed by atoms with van der Waals surface area (Å²) in [5.41, 5.74) is 5.13. The number of nitrogens with two attached hydrogens (primary N) is 1. The van der Waals surface area contributed by atoms with Gasteiger partial charge in [0.15, 0.2) is 0 Å². The summed E-state index contributed by atoms with van der Waals surface area (Å²) in [6.07, 6.45) is 5.54. The Balaban J connectivity index is 1.95. The first-order chi connectivity index (χ1) is 9.49. The molecule has 112 valence electrons. The molecular weight excluding hydrogens is 258 g/mol. The van der Waals surface area contributed by atoms with E-state index in [0.29, 0.717) is 0 Å². The maximum absolute atomic E-state index is 12.4. The Morgan fingerprint density at radius 2 is 2.00 bits per heavy atom. The van der Waals surface area contributed by atoms with E-state index >= 15 is 0 Å². The van der Waals surface area contributed by atoms with Gasteiger partial charge in [-0.1, -0.05) is 19.3 Å². The van der Waals surface area contributed by atoms with Gasteiger partial charge in [-0.05, 0) is 19.8 Å². The van der Waals surface area contributed by atoms with Crippen LogP contribution in [0.1, 0.15) is 51.9 Å². The summed E-state index contributed by atoms with van der Waals surface area (Å²) in [6.45, 7) is 1.80. The summed E-state index contributed by atoms with van der Waals surface area (Å²) in [4.78, 5) is 36.7. The first-order valence-corrected chi connectivity index (χ1v) is 7.39. The highest BCUT2D eigenvalue weighted by Gasteiger charge is 2.42. The molecule has 0 aromatic carbocycles. The molecule has 2 rings (SSSR count). The van der Waals surface area contributed by atoms with Gasteiger partial charge in [0.05, 0.1) is 12.5 Å². The van der Waals surface area contributed by atoms with Crippen LogP contribution in [0.15, 0.2) is 0 Å². The molecule has 1 saturated heterocycles. The predicted molar refractivity (Wildman–Crippen MR) is 73.5 cm³/mol. The number of rotatable bonds is 5. The highest BCUT2D eigenvalue weighted by Crippen LogP contribution is 2.27. The minimum Gasteiger partial charge on any atom is -0.370 e. The Morgan fingerprint density at radius 3 is 2.60 bits per heavy atom. The molecule has 1 heterocycles. The molecule has 3 N–H and O–H groups in total. The fourth-order valence-electron chi connectivity index (χ4n) is 3.21. The average Bonchev–Trinajstić information content (AvgIpc) is 2.64. The van der Waals surface area contributed by atoms with Gasteiger partial charge in [0.2, 0.25) is 17.7 Å². The molecule has 1 aliphatic carbocycles. The number of nitrogens with zero attached hydrogens (tertiary/aromatic N) is 1. The van der Waals surface area contributed by atoms with Crippen molar-refractivity contribution in [2.45, 2.75) is 70.0 Å². The van der Waals surface area contributed by atoms with Gasteiger partial charge in [0, 0.05) is 18.5 Å². The number of hydrogen-bond acceptors (Lipinski definition) is 4. The van der Waals surface area contributed by atoms with Crippen molar-refractivity contribution in [3.8, 4) is 0 Å². The van der Waals surface area contributed by atoms with Gasteiger partial charge in [0.1, 0.15) is 0 Å². The fraction of sp³-hybridized carbons (Fsp3) is 0.786. The van der Waals surface area contributed by atoms with Gasteiger partial charge < -0.3 is 11.1 Å². The van der Waals surface area contributed by atoms with Crippen LogP contribution >= 0.6 is 0 Å². The lowest BCUT2D eigenvalue weighted by molar-refractivity contribution is -0.142. The topological polar surface area (TPSA) is 92.5 Å². The molecule has 3 amide bonds. The minimum atomic E-state index is -0.501. The van der Waals surface area contributed by atoms with Crippen LogP contribution in [0, 0.1) is 0 Å². The smallest absolute Gasteiger partial charge is 0.247 e. The highest BCUT2D eigenvalue weighted by atomic mass is 16.2. The van der Waals surface area contributed by atoms with E-state index in [0.717, 1.165) is 25.7 Å². The molecule has 6 nitrogen and oxygen atoms in total. The van der Waals surface area contributed by atoms with Crippen LogP contribution in [-0.2, 0) is 14.4 Å². The van der Waals surface area contributed by atoms with Gasteiger partial charge in [-0.15, -0.1) is 0 Å². The summed E-state index contributed by atoms with van der Waals surface area (Å²) in [6, 6.07) is -0.624. The number of imide groups is 1. The lowest BCUT2D eigenvalue weighted by Crippen LogP contribution is -2.47. The van der Waals surface area contributed by atoms with E-state index in [4.69, 9.17) is 5.73 Å². The number of carbonyl (C=O) groups is 3. The van der Waals surface area contributed by atoms with E-state index in [-0.39, 0.29) is 36.7 Å². The molecule has 2 unspecified atom stereocenters. The lowest BCUT2D eigenvalue weighted by Gasteiger charge is -2.30. The molecule has 20 heavy (non-hydrogen) atoms. The second-order valence-corrected chi connectivity index (χ2v) is 5.89. The van der Waals surface area contributed by atoms with Crippen molar-refractivity contribution in [3.05, 3.63) is 0 Å². The first-order valence-electron chi connectivity index (χ1n) is 7.39. The van der Waals surface area contributed by atoms with Crippen molar-refractivity contribution in [3.63, 3.8) is 0 Å². The monoisotopic (exact) mass is 281 g/mol. The van der Waals surface area contributed by atoms with E-state index in [2.05, 4.69) is 5.32 Å². The molecule has 0 aromatic rings. The van der Waals surface area contributed by atoms with E-state index < -0.39 is 11.9 Å². The largest absolute Gasteiger partial charge is 0.370 e. The highest BCUT2D eigenvalue weighted by molar-refractivity contribution is 6.05. The fourth-order valence-corrected chi connectivity index (χ4v) is 3.21. The van der Waals surface area contributed by atoms with Crippen LogP contribution in [0.2, 0.25) is 0 Å². The summed E-state index contributed by atoms with van der Waals surface area (Å²) in [5, 5.41) is 3.05. The zero-order valence-electron chi connectivity index (χ0n) is 11.9. The van der Waals surface area contributed by atoms with Crippen LogP contribution in [0.4, 0.5) is 0 Å². The maximum Gasteiger partial charge on any atom is 0.247 e. The standard InChI is InChI=1S/C14H23N3O3/c1-9(7-12(15)18)16-11-8-13(19)17(14(11)20)10-5-3-2-4-6-10/h9-11,16H,2-8H2,1H3,(H2,15,18). The first kappa shape index (κ1) is 15.0. The Morgan fingerprint density at radius 1 is 1.35 bits per heavy atom. The Labute approximate surface area is 119 Å². The molecule has 0 bridgehead atoms. The molecule has 1 aliphatic heterocycles. The summed E-state index contributed by atoms with van der Waals surface area (Å²) < 4.78 is 0.